The zero-order chi connectivity index (χ0) is 19.2. The number of aromatic nitrogens is 3. The van der Waals surface area contributed by atoms with E-state index in [-0.39, 0.29) is 29.4 Å². The van der Waals surface area contributed by atoms with Crippen molar-refractivity contribution in [3.8, 4) is 5.69 Å². The van der Waals surface area contributed by atoms with Crippen molar-refractivity contribution in [2.75, 3.05) is 13.1 Å². The molecule has 1 aliphatic carbocycles. The highest BCUT2D eigenvalue weighted by Crippen LogP contribution is 2.47. The Labute approximate surface area is 188 Å². The van der Waals surface area contributed by atoms with E-state index >= 15 is 0 Å². The van der Waals surface area contributed by atoms with Gasteiger partial charge in [0.1, 0.15) is 12.9 Å². The van der Waals surface area contributed by atoms with E-state index in [9.17, 15) is 0 Å². The van der Waals surface area contributed by atoms with E-state index in [0.29, 0.717) is 6.54 Å². The van der Waals surface area contributed by atoms with Crippen molar-refractivity contribution in [3.05, 3.63) is 78.4 Å². The van der Waals surface area contributed by atoms with Gasteiger partial charge in [-0.15, -0.1) is 34.2 Å². The van der Waals surface area contributed by atoms with E-state index in [2.05, 4.69) is 58.1 Å². The highest BCUT2D eigenvalue weighted by Gasteiger charge is 2.43. The number of benzene rings is 2. The number of aliphatic imine (C=N–C) groups is 1. The Morgan fingerprint density at radius 2 is 1.72 bits per heavy atom. The van der Waals surface area contributed by atoms with E-state index in [0.717, 1.165) is 30.6 Å². The van der Waals surface area contributed by atoms with Crippen LogP contribution in [0, 0.1) is 0 Å². The largest absolute Gasteiger partial charge is 0.357 e. The molecule has 0 amide bonds. The maximum Gasteiger partial charge on any atom is 0.191 e. The first kappa shape index (κ1) is 21.3. The molecule has 2 aromatic carbocycles. The van der Waals surface area contributed by atoms with Crippen LogP contribution in [0.25, 0.3) is 5.69 Å². The second-order valence-corrected chi connectivity index (χ2v) is 7.15. The number of guanidine groups is 1. The van der Waals surface area contributed by atoms with Crippen LogP contribution in [-0.2, 0) is 12.0 Å². The molecule has 6 nitrogen and oxygen atoms in total. The first-order valence-electron chi connectivity index (χ1n) is 9.83. The Hall–Kier alpha value is -2.42. The SMILES string of the molecule is CCNC(=NCc1nncn1-c1ccccc1)NCC1(c2ccccc2)CC1.I. The minimum absolute atomic E-state index is 0. The lowest BCUT2D eigenvalue weighted by Crippen LogP contribution is -2.41. The fourth-order valence-corrected chi connectivity index (χ4v) is 3.43. The van der Waals surface area contributed by atoms with Crippen molar-refractivity contribution in [2.24, 2.45) is 4.99 Å². The van der Waals surface area contributed by atoms with Crippen LogP contribution in [0.5, 0.6) is 0 Å². The summed E-state index contributed by atoms with van der Waals surface area (Å²) >= 11 is 0. The minimum atomic E-state index is 0. The molecule has 1 aromatic heterocycles. The Morgan fingerprint density at radius 3 is 2.38 bits per heavy atom. The second-order valence-electron chi connectivity index (χ2n) is 7.15. The molecular weight excluding hydrogens is 475 g/mol. The van der Waals surface area contributed by atoms with Crippen LogP contribution in [0.2, 0.25) is 0 Å². The summed E-state index contributed by atoms with van der Waals surface area (Å²) in [5.41, 5.74) is 2.68. The smallest absolute Gasteiger partial charge is 0.191 e. The molecule has 1 saturated carbocycles. The molecule has 0 saturated heterocycles. The third kappa shape index (κ3) is 5.14. The number of rotatable bonds is 7. The zero-order valence-corrected chi connectivity index (χ0v) is 18.9. The number of nitrogens with one attached hydrogen (secondary N) is 2. The lowest BCUT2D eigenvalue weighted by Gasteiger charge is -2.19. The number of nitrogens with zero attached hydrogens (tertiary/aromatic N) is 4. The molecule has 1 heterocycles. The van der Waals surface area contributed by atoms with Crippen LogP contribution < -0.4 is 10.6 Å². The quantitative estimate of drug-likeness (QED) is 0.294. The Balaban J connectivity index is 0.00000240. The monoisotopic (exact) mass is 502 g/mol. The Bertz CT molecular complexity index is 919. The van der Waals surface area contributed by atoms with Gasteiger partial charge in [-0.1, -0.05) is 48.5 Å². The molecule has 0 bridgehead atoms. The van der Waals surface area contributed by atoms with Crippen molar-refractivity contribution < 1.29 is 0 Å². The molecular formula is C22H27IN6. The zero-order valence-electron chi connectivity index (χ0n) is 16.6. The lowest BCUT2D eigenvalue weighted by molar-refractivity contribution is 0.645. The van der Waals surface area contributed by atoms with Crippen LogP contribution in [0.4, 0.5) is 0 Å². The van der Waals surface area contributed by atoms with Crippen LogP contribution in [-0.4, -0.2) is 33.8 Å². The van der Waals surface area contributed by atoms with E-state index in [1.807, 2.05) is 34.9 Å². The molecule has 3 aromatic rings. The molecule has 0 radical (unpaired) electrons. The van der Waals surface area contributed by atoms with Gasteiger partial charge < -0.3 is 10.6 Å². The van der Waals surface area contributed by atoms with Gasteiger partial charge in [-0.05, 0) is 37.5 Å². The highest BCUT2D eigenvalue weighted by molar-refractivity contribution is 14.0. The number of halogens is 1. The van der Waals surface area contributed by atoms with Gasteiger partial charge in [-0.2, -0.15) is 0 Å². The van der Waals surface area contributed by atoms with Gasteiger partial charge in [0.05, 0.1) is 0 Å². The molecule has 4 rings (SSSR count). The molecule has 7 heteroatoms. The van der Waals surface area contributed by atoms with Gasteiger partial charge >= 0.3 is 0 Å². The maximum atomic E-state index is 4.74. The van der Waals surface area contributed by atoms with Gasteiger partial charge in [0.15, 0.2) is 11.8 Å². The van der Waals surface area contributed by atoms with Crippen molar-refractivity contribution in [3.63, 3.8) is 0 Å². The van der Waals surface area contributed by atoms with E-state index in [1.165, 1.54) is 18.4 Å². The van der Waals surface area contributed by atoms with Crippen molar-refractivity contribution in [1.29, 1.82) is 0 Å². The predicted molar refractivity (Wildman–Crippen MR) is 127 cm³/mol. The minimum Gasteiger partial charge on any atom is -0.357 e. The normalized spacial score (nSPS) is 14.7. The molecule has 0 unspecified atom stereocenters. The van der Waals surface area contributed by atoms with Gasteiger partial charge in [0.25, 0.3) is 0 Å². The Morgan fingerprint density at radius 1 is 1.03 bits per heavy atom. The molecule has 0 atom stereocenters. The van der Waals surface area contributed by atoms with Crippen LogP contribution in [0.3, 0.4) is 0 Å². The third-order valence-electron chi connectivity index (χ3n) is 5.21. The summed E-state index contributed by atoms with van der Waals surface area (Å²) in [5.74, 6) is 1.62. The summed E-state index contributed by atoms with van der Waals surface area (Å²) in [6.07, 6.45) is 4.16. The number of hydrogen-bond acceptors (Lipinski definition) is 3. The Kier molecular flexibility index (Phi) is 7.24. The summed E-state index contributed by atoms with van der Waals surface area (Å²) in [5, 5.41) is 15.2. The topological polar surface area (TPSA) is 67.1 Å². The van der Waals surface area contributed by atoms with E-state index in [1.54, 1.807) is 6.33 Å². The second kappa shape index (κ2) is 9.87. The highest BCUT2D eigenvalue weighted by atomic mass is 127. The van der Waals surface area contributed by atoms with Crippen molar-refractivity contribution >= 4 is 29.9 Å². The average Bonchev–Trinajstić information content (AvgIpc) is 3.40. The van der Waals surface area contributed by atoms with Crippen molar-refractivity contribution in [1.82, 2.24) is 25.4 Å². The predicted octanol–water partition coefficient (Wildman–Crippen LogP) is 3.67. The molecule has 0 aliphatic heterocycles. The molecule has 0 spiro atoms. The molecule has 2 N–H and O–H groups in total. The van der Waals surface area contributed by atoms with Crippen LogP contribution >= 0.6 is 24.0 Å². The maximum absolute atomic E-state index is 4.74. The standard InChI is InChI=1S/C22H26N6.HI/c1-2-23-21(25-16-22(13-14-22)18-9-5-3-6-10-18)24-15-20-27-26-17-28(20)19-11-7-4-8-12-19;/h3-12,17H,2,13-16H2,1H3,(H2,23,24,25);1H. The summed E-state index contributed by atoms with van der Waals surface area (Å²) in [6.45, 7) is 4.24. The average molecular weight is 502 g/mol. The van der Waals surface area contributed by atoms with Gasteiger partial charge in [-0.3, -0.25) is 4.57 Å². The first-order chi connectivity index (χ1) is 13.8. The third-order valence-corrected chi connectivity index (χ3v) is 5.21. The molecule has 1 aliphatic rings. The summed E-state index contributed by atoms with van der Waals surface area (Å²) in [4.78, 5) is 4.74. The number of para-hydroxylation sites is 1. The first-order valence-corrected chi connectivity index (χ1v) is 9.83. The molecule has 1 fully saturated rings. The van der Waals surface area contributed by atoms with Gasteiger partial charge in [0, 0.05) is 24.2 Å². The summed E-state index contributed by atoms with van der Waals surface area (Å²) in [6, 6.07) is 20.8. The molecule has 152 valence electrons. The summed E-state index contributed by atoms with van der Waals surface area (Å²) < 4.78 is 1.97. The lowest BCUT2D eigenvalue weighted by atomic mass is 9.96. The molecule has 29 heavy (non-hydrogen) atoms. The van der Waals surface area contributed by atoms with Crippen LogP contribution in [0.15, 0.2) is 72.0 Å². The number of hydrogen-bond donors (Lipinski definition) is 2. The van der Waals surface area contributed by atoms with Gasteiger partial charge in [-0.25, -0.2) is 4.99 Å². The fraction of sp³-hybridized carbons (Fsp3) is 0.318. The van der Waals surface area contributed by atoms with Gasteiger partial charge in [0.2, 0.25) is 0 Å². The fourth-order valence-electron chi connectivity index (χ4n) is 3.43. The van der Waals surface area contributed by atoms with E-state index < -0.39 is 0 Å². The van der Waals surface area contributed by atoms with E-state index in [4.69, 9.17) is 4.99 Å². The van der Waals surface area contributed by atoms with Crippen molar-refractivity contribution in [2.45, 2.75) is 31.7 Å². The van der Waals surface area contributed by atoms with Crippen LogP contribution in [0.1, 0.15) is 31.2 Å². The summed E-state index contributed by atoms with van der Waals surface area (Å²) in [7, 11) is 0.